The van der Waals surface area contributed by atoms with Gasteiger partial charge in [-0.1, -0.05) is 41.6 Å². The highest BCUT2D eigenvalue weighted by atomic mass is 35.5. The molecule has 2 N–H and O–H groups in total. The number of nitrogens with one attached hydrogen (secondary N) is 2. The molecule has 1 amide bonds. The number of halogens is 1. The van der Waals surface area contributed by atoms with Crippen LogP contribution in [0.5, 0.6) is 5.75 Å². The second-order valence-corrected chi connectivity index (χ2v) is 8.41. The molecule has 0 radical (unpaired) electrons. The Morgan fingerprint density at radius 1 is 1.29 bits per heavy atom. The normalized spacial score (nSPS) is 16.9. The van der Waals surface area contributed by atoms with Gasteiger partial charge in [-0.3, -0.25) is 4.79 Å². The zero-order chi connectivity index (χ0) is 19.6. The highest BCUT2D eigenvalue weighted by molar-refractivity contribution is 8.15. The fourth-order valence-electron chi connectivity index (χ4n) is 3.72. The molecule has 0 unspecified atom stereocenters. The van der Waals surface area contributed by atoms with E-state index in [1.54, 1.807) is 25.3 Å². The standard InChI is InChI=1S/C21H22ClN3O2S/c1-27-18-9-8-14(22)12-17(18)23-19(26)13-28-20-15-6-2-3-7-16(15)24-21(25-20)10-4-5-11-21/h2-3,6-9,12,24H,4-5,10-11,13H2,1H3,(H,23,26). The molecule has 146 valence electrons. The lowest BCUT2D eigenvalue weighted by molar-refractivity contribution is -0.113. The van der Waals surface area contributed by atoms with Crippen LogP contribution in [-0.4, -0.2) is 29.5 Å². The fraction of sp³-hybridized carbons (Fsp3) is 0.333. The van der Waals surface area contributed by atoms with Crippen LogP contribution in [0, 0.1) is 0 Å². The molecular weight excluding hydrogens is 394 g/mol. The van der Waals surface area contributed by atoms with Crippen LogP contribution in [0.1, 0.15) is 31.2 Å². The second-order valence-electron chi connectivity index (χ2n) is 7.01. The van der Waals surface area contributed by atoms with Crippen molar-refractivity contribution in [2.45, 2.75) is 31.3 Å². The molecule has 0 atom stereocenters. The number of para-hydroxylation sites is 1. The van der Waals surface area contributed by atoms with Crippen LogP contribution in [-0.2, 0) is 4.79 Å². The molecule has 2 aromatic carbocycles. The van der Waals surface area contributed by atoms with Gasteiger partial charge in [-0.2, -0.15) is 0 Å². The first-order valence-corrected chi connectivity index (χ1v) is 10.7. The Labute approximate surface area is 173 Å². The number of fused-ring (bicyclic) bond motifs is 1. The Kier molecular flexibility index (Phi) is 5.51. The van der Waals surface area contributed by atoms with E-state index in [9.17, 15) is 4.79 Å². The summed E-state index contributed by atoms with van der Waals surface area (Å²) in [6.45, 7) is 0. The summed E-state index contributed by atoms with van der Waals surface area (Å²) in [7, 11) is 1.56. The van der Waals surface area contributed by atoms with Crippen LogP contribution in [0.2, 0.25) is 5.02 Å². The number of ether oxygens (including phenoxy) is 1. The molecule has 1 heterocycles. The third-order valence-corrected chi connectivity index (χ3v) is 6.27. The molecule has 1 aliphatic heterocycles. The maximum atomic E-state index is 12.6. The first kappa shape index (κ1) is 19.2. The van der Waals surface area contributed by atoms with Crippen molar-refractivity contribution >= 4 is 45.7 Å². The highest BCUT2D eigenvalue weighted by Gasteiger charge is 2.37. The summed E-state index contributed by atoms with van der Waals surface area (Å²) < 4.78 is 5.29. The van der Waals surface area contributed by atoms with Crippen molar-refractivity contribution in [1.29, 1.82) is 0 Å². The summed E-state index contributed by atoms with van der Waals surface area (Å²) in [5.41, 5.74) is 2.50. The van der Waals surface area contributed by atoms with E-state index in [0.717, 1.165) is 29.1 Å². The predicted octanol–water partition coefficient (Wildman–Crippen LogP) is 5.16. The van der Waals surface area contributed by atoms with Crippen molar-refractivity contribution in [1.82, 2.24) is 0 Å². The van der Waals surface area contributed by atoms with Crippen LogP contribution in [0.25, 0.3) is 0 Å². The molecule has 5 nitrogen and oxygen atoms in total. The van der Waals surface area contributed by atoms with E-state index in [1.165, 1.54) is 24.6 Å². The smallest absolute Gasteiger partial charge is 0.234 e. The lowest BCUT2D eigenvalue weighted by Crippen LogP contribution is -2.37. The summed E-state index contributed by atoms with van der Waals surface area (Å²) in [5, 5.41) is 7.97. The maximum absolute atomic E-state index is 12.6. The van der Waals surface area contributed by atoms with E-state index in [-0.39, 0.29) is 17.3 Å². The molecule has 0 saturated heterocycles. The number of methoxy groups -OCH3 is 1. The molecule has 1 spiro atoms. The summed E-state index contributed by atoms with van der Waals surface area (Å²) in [6, 6.07) is 13.3. The van der Waals surface area contributed by atoms with Crippen LogP contribution in [0.15, 0.2) is 47.5 Å². The van der Waals surface area contributed by atoms with Gasteiger partial charge >= 0.3 is 0 Å². The van der Waals surface area contributed by atoms with Gasteiger partial charge in [0.15, 0.2) is 0 Å². The molecule has 1 fully saturated rings. The molecule has 2 aromatic rings. The number of hydrogen-bond donors (Lipinski definition) is 2. The van der Waals surface area contributed by atoms with Gasteiger partial charge in [0.1, 0.15) is 16.5 Å². The Morgan fingerprint density at radius 3 is 2.86 bits per heavy atom. The van der Waals surface area contributed by atoms with Gasteiger partial charge < -0.3 is 15.4 Å². The summed E-state index contributed by atoms with van der Waals surface area (Å²) in [5.74, 6) is 0.723. The number of carbonyl (C=O) groups excluding carboxylic acids is 1. The zero-order valence-corrected chi connectivity index (χ0v) is 17.2. The predicted molar refractivity (Wildman–Crippen MR) is 117 cm³/mol. The van der Waals surface area contributed by atoms with Gasteiger partial charge in [0.05, 0.1) is 18.6 Å². The number of anilines is 2. The molecule has 0 aromatic heterocycles. The van der Waals surface area contributed by atoms with E-state index in [0.29, 0.717) is 16.5 Å². The van der Waals surface area contributed by atoms with E-state index in [1.807, 2.05) is 18.2 Å². The first-order valence-electron chi connectivity index (χ1n) is 9.32. The topological polar surface area (TPSA) is 62.7 Å². The van der Waals surface area contributed by atoms with Gasteiger partial charge in [0.25, 0.3) is 0 Å². The average molecular weight is 416 g/mol. The van der Waals surface area contributed by atoms with Gasteiger partial charge in [-0.15, -0.1) is 0 Å². The van der Waals surface area contributed by atoms with Crippen LogP contribution < -0.4 is 15.4 Å². The summed E-state index contributed by atoms with van der Waals surface area (Å²) >= 11 is 7.51. The number of benzene rings is 2. The largest absolute Gasteiger partial charge is 0.495 e. The minimum atomic E-state index is -0.219. The lowest BCUT2D eigenvalue weighted by atomic mass is 10.0. The van der Waals surface area contributed by atoms with Gasteiger partial charge in [-0.25, -0.2) is 4.99 Å². The van der Waals surface area contributed by atoms with E-state index < -0.39 is 0 Å². The molecule has 7 heteroatoms. The monoisotopic (exact) mass is 415 g/mol. The van der Waals surface area contributed by atoms with Crippen LogP contribution in [0.4, 0.5) is 11.4 Å². The Balaban J connectivity index is 1.49. The third kappa shape index (κ3) is 3.98. The van der Waals surface area contributed by atoms with Crippen molar-refractivity contribution in [3.8, 4) is 5.75 Å². The Hall–Kier alpha value is -2.18. The molecule has 4 rings (SSSR count). The number of amides is 1. The molecule has 0 bridgehead atoms. The SMILES string of the molecule is COc1ccc(Cl)cc1NC(=O)CSC1=NC2(CCCC2)Nc2ccccc21. The first-order chi connectivity index (χ1) is 13.6. The van der Waals surface area contributed by atoms with Crippen LogP contribution >= 0.6 is 23.4 Å². The van der Waals surface area contributed by atoms with Crippen molar-refractivity contribution in [3.63, 3.8) is 0 Å². The van der Waals surface area contributed by atoms with Crippen molar-refractivity contribution in [2.75, 3.05) is 23.5 Å². The number of aliphatic imine (C=N–C) groups is 1. The number of thioether (sulfide) groups is 1. The fourth-order valence-corrected chi connectivity index (χ4v) is 4.80. The summed E-state index contributed by atoms with van der Waals surface area (Å²) in [6.07, 6.45) is 4.39. The van der Waals surface area contributed by atoms with Gasteiger partial charge in [-0.05, 0) is 49.9 Å². The highest BCUT2D eigenvalue weighted by Crippen LogP contribution is 2.40. The summed E-state index contributed by atoms with van der Waals surface area (Å²) in [4.78, 5) is 17.6. The van der Waals surface area contributed by atoms with Crippen LogP contribution in [0.3, 0.4) is 0 Å². The Morgan fingerprint density at radius 2 is 2.07 bits per heavy atom. The minimum Gasteiger partial charge on any atom is -0.495 e. The maximum Gasteiger partial charge on any atom is 0.234 e. The third-order valence-electron chi connectivity index (χ3n) is 5.05. The Bertz CT molecular complexity index is 926. The molecule has 1 saturated carbocycles. The number of carbonyl (C=O) groups is 1. The average Bonchev–Trinajstić information content (AvgIpc) is 3.13. The minimum absolute atomic E-state index is 0.121. The van der Waals surface area contributed by atoms with Crippen molar-refractivity contribution in [2.24, 2.45) is 4.99 Å². The quantitative estimate of drug-likeness (QED) is 0.723. The van der Waals surface area contributed by atoms with Crippen molar-refractivity contribution < 1.29 is 9.53 Å². The van der Waals surface area contributed by atoms with Crippen molar-refractivity contribution in [3.05, 3.63) is 53.1 Å². The molecule has 2 aliphatic rings. The molecular formula is C21H22ClN3O2S. The van der Waals surface area contributed by atoms with E-state index in [4.69, 9.17) is 21.3 Å². The molecule has 1 aliphatic carbocycles. The van der Waals surface area contributed by atoms with E-state index >= 15 is 0 Å². The van der Waals surface area contributed by atoms with Gasteiger partial charge in [0.2, 0.25) is 5.91 Å². The van der Waals surface area contributed by atoms with Gasteiger partial charge in [0, 0.05) is 16.3 Å². The number of rotatable bonds is 4. The lowest BCUT2D eigenvalue weighted by Gasteiger charge is -2.33. The van der Waals surface area contributed by atoms with E-state index in [2.05, 4.69) is 16.7 Å². The second kappa shape index (κ2) is 8.05. The number of hydrogen-bond acceptors (Lipinski definition) is 5. The number of nitrogens with zero attached hydrogens (tertiary/aromatic N) is 1. The zero-order valence-electron chi connectivity index (χ0n) is 15.6. The molecule has 28 heavy (non-hydrogen) atoms.